The maximum atomic E-state index is 12.8. The minimum Gasteiger partial charge on any atom is -0.497 e. The van der Waals surface area contributed by atoms with Crippen molar-refractivity contribution in [3.8, 4) is 5.75 Å². The molecule has 3 aromatic rings. The lowest BCUT2D eigenvalue weighted by Crippen LogP contribution is -2.13. The molecule has 136 valence electrons. The van der Waals surface area contributed by atoms with Gasteiger partial charge in [-0.3, -0.25) is 4.79 Å². The molecule has 0 spiro atoms. The third-order valence-corrected chi connectivity index (χ3v) is 4.60. The van der Waals surface area contributed by atoms with Gasteiger partial charge in [0.25, 0.3) is 0 Å². The number of benzene rings is 2. The van der Waals surface area contributed by atoms with Crippen molar-refractivity contribution in [2.45, 2.75) is 12.3 Å². The van der Waals surface area contributed by atoms with Crippen LogP contribution in [0, 0.1) is 0 Å². The van der Waals surface area contributed by atoms with Gasteiger partial charge >= 0.3 is 0 Å². The van der Waals surface area contributed by atoms with Crippen LogP contribution in [0.5, 0.6) is 5.75 Å². The van der Waals surface area contributed by atoms with Gasteiger partial charge in [-0.25, -0.2) is 9.78 Å². The van der Waals surface area contributed by atoms with E-state index in [1.807, 2.05) is 19.2 Å². The Morgan fingerprint density at radius 1 is 1.08 bits per heavy atom. The summed E-state index contributed by atoms with van der Waals surface area (Å²) in [7, 11) is 5.09. The Bertz CT molecular complexity index is 883. The summed E-state index contributed by atoms with van der Waals surface area (Å²) in [5, 5.41) is 1.13. The number of hydrogen-bond donors (Lipinski definition) is 0. The number of Topliss-reactive ketones (excluding diaryl/α,β-unsaturated/α-hetero) is 1. The molecule has 5 nitrogen and oxygen atoms in total. The molecular formula is C21H23NO4. The SMILES string of the molecule is COOCC(CC(=O)c1ccc(OC)cc1)c1cn(C)c2ccccc12. The predicted molar refractivity (Wildman–Crippen MR) is 101 cm³/mol. The van der Waals surface area contributed by atoms with Crippen LogP contribution in [-0.4, -0.2) is 31.2 Å². The minimum absolute atomic E-state index is 0.0605. The molecule has 2 aromatic carbocycles. The Balaban J connectivity index is 1.88. The molecule has 0 fully saturated rings. The number of aryl methyl sites for hydroxylation is 1. The summed E-state index contributed by atoms with van der Waals surface area (Å²) in [6.07, 6.45) is 2.40. The van der Waals surface area contributed by atoms with Crippen molar-refractivity contribution in [3.63, 3.8) is 0 Å². The van der Waals surface area contributed by atoms with E-state index in [4.69, 9.17) is 14.5 Å². The van der Waals surface area contributed by atoms with E-state index in [0.29, 0.717) is 18.6 Å². The molecule has 0 aliphatic rings. The number of methoxy groups -OCH3 is 1. The van der Waals surface area contributed by atoms with E-state index in [0.717, 1.165) is 22.2 Å². The second-order valence-electron chi connectivity index (χ2n) is 6.22. The second-order valence-corrected chi connectivity index (χ2v) is 6.22. The van der Waals surface area contributed by atoms with Crippen molar-refractivity contribution in [2.24, 2.45) is 7.05 Å². The fourth-order valence-corrected chi connectivity index (χ4v) is 3.23. The van der Waals surface area contributed by atoms with E-state index >= 15 is 0 Å². The summed E-state index contributed by atoms with van der Waals surface area (Å²) < 4.78 is 7.22. The number of fused-ring (bicyclic) bond motifs is 1. The highest BCUT2D eigenvalue weighted by Gasteiger charge is 2.22. The van der Waals surface area contributed by atoms with Crippen LogP contribution in [0.25, 0.3) is 10.9 Å². The number of ether oxygens (including phenoxy) is 1. The Morgan fingerprint density at radius 3 is 2.50 bits per heavy atom. The Labute approximate surface area is 153 Å². The molecule has 1 heterocycles. The van der Waals surface area contributed by atoms with Crippen LogP contribution in [0.4, 0.5) is 0 Å². The first-order valence-corrected chi connectivity index (χ1v) is 8.51. The quantitative estimate of drug-likeness (QED) is 0.347. The smallest absolute Gasteiger partial charge is 0.163 e. The molecule has 5 heteroatoms. The van der Waals surface area contributed by atoms with Crippen LogP contribution in [0.3, 0.4) is 0 Å². The average molecular weight is 353 g/mol. The highest BCUT2D eigenvalue weighted by atomic mass is 17.2. The highest BCUT2D eigenvalue weighted by molar-refractivity contribution is 5.97. The largest absolute Gasteiger partial charge is 0.497 e. The molecule has 0 aliphatic heterocycles. The first-order chi connectivity index (χ1) is 12.6. The lowest BCUT2D eigenvalue weighted by molar-refractivity contribution is -0.275. The van der Waals surface area contributed by atoms with Crippen molar-refractivity contribution >= 4 is 16.7 Å². The third kappa shape index (κ3) is 3.79. The van der Waals surface area contributed by atoms with Gasteiger partial charge in [-0.1, -0.05) is 18.2 Å². The Morgan fingerprint density at radius 2 is 1.81 bits per heavy atom. The zero-order chi connectivity index (χ0) is 18.5. The first kappa shape index (κ1) is 18.2. The summed E-state index contributed by atoms with van der Waals surface area (Å²) in [6.45, 7) is 0.312. The zero-order valence-electron chi connectivity index (χ0n) is 15.3. The number of carbonyl (C=O) groups excluding carboxylic acids is 1. The van der Waals surface area contributed by atoms with E-state index in [1.165, 1.54) is 7.11 Å². The topological polar surface area (TPSA) is 49.7 Å². The summed E-state index contributed by atoms with van der Waals surface area (Å²) in [6, 6.07) is 15.3. The number of ketones is 1. The van der Waals surface area contributed by atoms with Crippen molar-refractivity contribution in [2.75, 3.05) is 20.8 Å². The molecule has 0 radical (unpaired) electrons. The molecule has 0 amide bonds. The van der Waals surface area contributed by atoms with Crippen molar-refractivity contribution in [1.29, 1.82) is 0 Å². The van der Waals surface area contributed by atoms with Gasteiger partial charge in [0.1, 0.15) is 5.75 Å². The summed E-state index contributed by atoms with van der Waals surface area (Å²) >= 11 is 0. The standard InChI is InChI=1S/C21H23NO4/c1-22-13-19(18-6-4-5-7-20(18)22)16(14-26-25-3)12-21(23)15-8-10-17(24-2)11-9-15/h4-11,13,16H,12,14H2,1-3H3. The van der Waals surface area contributed by atoms with E-state index in [1.54, 1.807) is 31.4 Å². The van der Waals surface area contributed by atoms with Crippen LogP contribution in [-0.2, 0) is 16.8 Å². The molecular weight excluding hydrogens is 330 g/mol. The summed E-state index contributed by atoms with van der Waals surface area (Å²) in [5.74, 6) is 0.691. The molecule has 1 unspecified atom stereocenters. The van der Waals surface area contributed by atoms with Crippen LogP contribution < -0.4 is 4.74 Å². The monoisotopic (exact) mass is 353 g/mol. The van der Waals surface area contributed by atoms with Crippen LogP contribution in [0.1, 0.15) is 28.3 Å². The summed E-state index contributed by atoms with van der Waals surface area (Å²) in [5.41, 5.74) is 2.87. The van der Waals surface area contributed by atoms with Gasteiger partial charge in [-0.05, 0) is 35.9 Å². The zero-order valence-corrected chi connectivity index (χ0v) is 15.3. The van der Waals surface area contributed by atoms with Gasteiger partial charge in [0, 0.05) is 42.0 Å². The number of carbonyl (C=O) groups is 1. The van der Waals surface area contributed by atoms with Crippen LogP contribution >= 0.6 is 0 Å². The second kappa shape index (κ2) is 8.17. The van der Waals surface area contributed by atoms with E-state index < -0.39 is 0 Å². The van der Waals surface area contributed by atoms with E-state index in [9.17, 15) is 4.79 Å². The van der Waals surface area contributed by atoms with Gasteiger partial charge in [-0.15, -0.1) is 0 Å². The molecule has 0 aliphatic carbocycles. The molecule has 0 saturated carbocycles. The molecule has 26 heavy (non-hydrogen) atoms. The van der Waals surface area contributed by atoms with Gasteiger partial charge in [-0.2, -0.15) is 0 Å². The maximum Gasteiger partial charge on any atom is 0.163 e. The van der Waals surface area contributed by atoms with E-state index in [2.05, 4.69) is 22.9 Å². The molecule has 0 N–H and O–H groups in total. The average Bonchev–Trinajstić information content (AvgIpc) is 3.02. The van der Waals surface area contributed by atoms with E-state index in [-0.39, 0.29) is 11.7 Å². The van der Waals surface area contributed by atoms with Gasteiger partial charge in [0.15, 0.2) is 5.78 Å². The van der Waals surface area contributed by atoms with Crippen molar-refractivity contribution < 1.29 is 19.3 Å². The number of nitrogens with zero attached hydrogens (tertiary/aromatic N) is 1. The highest BCUT2D eigenvalue weighted by Crippen LogP contribution is 2.31. The molecule has 3 rings (SSSR count). The predicted octanol–water partition coefficient (Wildman–Crippen LogP) is 4.12. The Kier molecular flexibility index (Phi) is 5.71. The minimum atomic E-state index is -0.101. The molecule has 0 bridgehead atoms. The molecule has 0 saturated heterocycles. The van der Waals surface area contributed by atoms with Crippen LogP contribution in [0.2, 0.25) is 0 Å². The van der Waals surface area contributed by atoms with Gasteiger partial charge in [0.05, 0.1) is 20.8 Å². The number of aromatic nitrogens is 1. The van der Waals surface area contributed by atoms with Crippen LogP contribution in [0.15, 0.2) is 54.7 Å². The maximum absolute atomic E-state index is 12.8. The fraction of sp³-hybridized carbons (Fsp3) is 0.286. The van der Waals surface area contributed by atoms with Gasteiger partial charge < -0.3 is 9.30 Å². The lowest BCUT2D eigenvalue weighted by atomic mass is 9.92. The fourth-order valence-electron chi connectivity index (χ4n) is 3.23. The summed E-state index contributed by atoms with van der Waals surface area (Å²) in [4.78, 5) is 22.8. The molecule has 1 atom stereocenters. The normalized spacial score (nSPS) is 12.3. The number of rotatable bonds is 8. The Hall–Kier alpha value is -2.63. The van der Waals surface area contributed by atoms with Crippen molar-refractivity contribution in [3.05, 3.63) is 65.9 Å². The van der Waals surface area contributed by atoms with Crippen molar-refractivity contribution in [1.82, 2.24) is 4.57 Å². The first-order valence-electron chi connectivity index (χ1n) is 8.51. The third-order valence-electron chi connectivity index (χ3n) is 4.60. The molecule has 1 aromatic heterocycles. The number of hydrogen-bond acceptors (Lipinski definition) is 4. The lowest BCUT2D eigenvalue weighted by Gasteiger charge is -2.15. The number of para-hydroxylation sites is 1. The van der Waals surface area contributed by atoms with Gasteiger partial charge in [0.2, 0.25) is 0 Å².